The molecular weight excluding hydrogens is 294 g/mol. The molecule has 3 heterocycles. The molecule has 2 saturated heterocycles. The molecule has 2 N–H and O–H groups in total. The molecule has 0 saturated carbocycles. The number of hydrogen-bond acceptors (Lipinski definition) is 5. The van der Waals surface area contributed by atoms with E-state index in [1.165, 1.54) is 0 Å². The third-order valence-corrected chi connectivity index (χ3v) is 4.90. The lowest BCUT2D eigenvalue weighted by Crippen LogP contribution is -2.50. The van der Waals surface area contributed by atoms with Gasteiger partial charge in [0.2, 0.25) is 5.91 Å². The first-order valence-electron chi connectivity index (χ1n) is 8.64. The van der Waals surface area contributed by atoms with E-state index in [0.717, 1.165) is 57.0 Å². The zero-order valence-corrected chi connectivity index (χ0v) is 14.1. The topological polar surface area (TPSA) is 76.4 Å². The Balaban J connectivity index is 1.74. The van der Waals surface area contributed by atoms with Gasteiger partial charge in [0, 0.05) is 31.1 Å². The number of piperidine rings is 1. The first-order valence-corrected chi connectivity index (χ1v) is 8.64. The summed E-state index contributed by atoms with van der Waals surface area (Å²) in [6.45, 7) is 7.23. The fourth-order valence-electron chi connectivity index (χ4n) is 3.51. The van der Waals surface area contributed by atoms with Gasteiger partial charge >= 0.3 is 0 Å². The second-order valence-corrected chi connectivity index (χ2v) is 7.11. The van der Waals surface area contributed by atoms with Crippen LogP contribution in [0.25, 0.3) is 0 Å². The van der Waals surface area contributed by atoms with Crippen molar-refractivity contribution < 1.29 is 14.1 Å². The summed E-state index contributed by atoms with van der Waals surface area (Å²) in [5.74, 6) is 1.28. The van der Waals surface area contributed by atoms with E-state index in [9.17, 15) is 4.79 Å². The Kier molecular flexibility index (Phi) is 5.02. The van der Waals surface area contributed by atoms with Crippen LogP contribution in [0, 0.1) is 5.41 Å². The van der Waals surface area contributed by atoms with Gasteiger partial charge < -0.3 is 19.9 Å². The second-order valence-electron chi connectivity index (χ2n) is 7.11. The maximum absolute atomic E-state index is 12.8. The molecule has 1 aromatic rings. The van der Waals surface area contributed by atoms with Crippen LogP contribution < -0.4 is 10.6 Å². The Morgan fingerprint density at radius 3 is 2.91 bits per heavy atom. The Bertz CT molecular complexity index is 529. The number of aromatic nitrogens is 1. The molecule has 6 heteroatoms. The van der Waals surface area contributed by atoms with Crippen molar-refractivity contribution in [1.82, 2.24) is 15.8 Å². The molecule has 1 amide bonds. The molecule has 0 spiro atoms. The number of carbonyl (C=O) groups is 1. The van der Waals surface area contributed by atoms with Crippen LogP contribution in [-0.2, 0) is 16.0 Å². The van der Waals surface area contributed by atoms with Crippen molar-refractivity contribution in [2.45, 2.75) is 51.5 Å². The molecule has 2 fully saturated rings. The van der Waals surface area contributed by atoms with Crippen LogP contribution in [0.3, 0.4) is 0 Å². The number of carbonyl (C=O) groups excluding carboxylic acids is 1. The molecule has 6 nitrogen and oxygen atoms in total. The van der Waals surface area contributed by atoms with Gasteiger partial charge in [-0.3, -0.25) is 4.79 Å². The third kappa shape index (κ3) is 3.75. The molecule has 1 aromatic heterocycles. The average molecular weight is 321 g/mol. The van der Waals surface area contributed by atoms with Gasteiger partial charge in [-0.05, 0) is 46.2 Å². The third-order valence-electron chi connectivity index (χ3n) is 4.90. The highest BCUT2D eigenvalue weighted by atomic mass is 16.5. The van der Waals surface area contributed by atoms with Gasteiger partial charge in [-0.15, -0.1) is 0 Å². The fraction of sp³-hybridized carbons (Fsp3) is 0.765. The summed E-state index contributed by atoms with van der Waals surface area (Å²) in [6.07, 6.45) is 3.27. The second kappa shape index (κ2) is 7.01. The van der Waals surface area contributed by atoms with Crippen LogP contribution in [0.5, 0.6) is 0 Å². The molecule has 0 aromatic carbocycles. The van der Waals surface area contributed by atoms with E-state index < -0.39 is 5.41 Å². The van der Waals surface area contributed by atoms with Crippen molar-refractivity contribution in [1.29, 1.82) is 0 Å². The molecule has 0 radical (unpaired) electrons. The van der Waals surface area contributed by atoms with E-state index in [4.69, 9.17) is 9.26 Å². The van der Waals surface area contributed by atoms with Crippen LogP contribution in [0.4, 0.5) is 0 Å². The highest BCUT2D eigenvalue weighted by Gasteiger charge is 2.41. The van der Waals surface area contributed by atoms with E-state index in [1.54, 1.807) is 0 Å². The van der Waals surface area contributed by atoms with Crippen molar-refractivity contribution >= 4 is 5.91 Å². The van der Waals surface area contributed by atoms with Crippen LogP contribution in [0.2, 0.25) is 0 Å². The molecule has 23 heavy (non-hydrogen) atoms. The van der Waals surface area contributed by atoms with E-state index in [-0.39, 0.29) is 11.9 Å². The maximum atomic E-state index is 12.8. The highest BCUT2D eigenvalue weighted by Crippen LogP contribution is 2.35. The quantitative estimate of drug-likeness (QED) is 0.862. The molecule has 0 aliphatic carbocycles. The molecule has 1 atom stereocenters. The normalized spacial score (nSPS) is 24.0. The molecule has 0 unspecified atom stereocenters. The maximum Gasteiger partial charge on any atom is 0.226 e. The number of nitrogens with one attached hydrogen (secondary N) is 2. The lowest BCUT2D eigenvalue weighted by atomic mass is 9.74. The van der Waals surface area contributed by atoms with E-state index in [0.29, 0.717) is 12.3 Å². The molecular formula is C17H27N3O3. The summed E-state index contributed by atoms with van der Waals surface area (Å²) >= 11 is 0. The van der Waals surface area contributed by atoms with E-state index in [1.807, 2.05) is 19.9 Å². The van der Waals surface area contributed by atoms with Crippen LogP contribution in [0.1, 0.15) is 50.5 Å². The molecule has 3 rings (SSSR count). The summed E-state index contributed by atoms with van der Waals surface area (Å²) in [4.78, 5) is 12.8. The van der Waals surface area contributed by atoms with Gasteiger partial charge in [0.15, 0.2) is 0 Å². The zero-order chi connectivity index (χ0) is 16.3. The van der Waals surface area contributed by atoms with E-state index in [2.05, 4.69) is 15.8 Å². The Hall–Kier alpha value is -1.40. The number of ether oxygens (including phenoxy) is 1. The zero-order valence-electron chi connectivity index (χ0n) is 14.1. The number of amides is 1. The van der Waals surface area contributed by atoms with Gasteiger partial charge in [-0.1, -0.05) is 5.16 Å². The SMILES string of the molecule is CC(C)NC(=O)C1(Cc2cc([C@@H]3CCOC3)no2)CCNCC1. The molecule has 2 aliphatic heterocycles. The predicted molar refractivity (Wildman–Crippen MR) is 86.2 cm³/mol. The Morgan fingerprint density at radius 1 is 1.48 bits per heavy atom. The fourth-order valence-corrected chi connectivity index (χ4v) is 3.51. The van der Waals surface area contributed by atoms with Gasteiger partial charge in [0.05, 0.1) is 17.7 Å². The Labute approximate surface area is 137 Å². The van der Waals surface area contributed by atoms with Crippen molar-refractivity contribution in [3.05, 3.63) is 17.5 Å². The lowest BCUT2D eigenvalue weighted by Gasteiger charge is -2.36. The minimum Gasteiger partial charge on any atom is -0.381 e. The summed E-state index contributed by atoms with van der Waals surface area (Å²) in [6, 6.07) is 2.17. The average Bonchev–Trinajstić information content (AvgIpc) is 3.18. The van der Waals surface area contributed by atoms with Crippen LogP contribution in [0.15, 0.2) is 10.6 Å². The van der Waals surface area contributed by atoms with Crippen LogP contribution >= 0.6 is 0 Å². The predicted octanol–water partition coefficient (Wildman–Crippen LogP) is 1.62. The van der Waals surface area contributed by atoms with Gasteiger partial charge in [0.25, 0.3) is 0 Å². The van der Waals surface area contributed by atoms with Crippen molar-refractivity contribution in [2.75, 3.05) is 26.3 Å². The standard InChI is InChI=1S/C17H27N3O3/c1-12(2)19-16(21)17(4-6-18-7-5-17)10-14-9-15(20-23-14)13-3-8-22-11-13/h9,12-13,18H,3-8,10-11H2,1-2H3,(H,19,21)/t13-/m1/s1. The first-order chi connectivity index (χ1) is 11.1. The summed E-state index contributed by atoms with van der Waals surface area (Å²) in [5, 5.41) is 10.6. The van der Waals surface area contributed by atoms with Gasteiger partial charge in [0.1, 0.15) is 5.76 Å². The smallest absolute Gasteiger partial charge is 0.226 e. The van der Waals surface area contributed by atoms with Crippen molar-refractivity contribution in [3.63, 3.8) is 0 Å². The number of hydrogen-bond donors (Lipinski definition) is 2. The van der Waals surface area contributed by atoms with Crippen LogP contribution in [-0.4, -0.2) is 43.4 Å². The Morgan fingerprint density at radius 2 is 2.26 bits per heavy atom. The summed E-state index contributed by atoms with van der Waals surface area (Å²) < 4.78 is 11.0. The minimum absolute atomic E-state index is 0.135. The number of rotatable bonds is 5. The molecule has 2 aliphatic rings. The van der Waals surface area contributed by atoms with Crippen molar-refractivity contribution in [3.8, 4) is 0 Å². The first kappa shape index (κ1) is 16.5. The lowest BCUT2D eigenvalue weighted by molar-refractivity contribution is -0.133. The summed E-state index contributed by atoms with van der Waals surface area (Å²) in [5.41, 5.74) is 0.573. The summed E-state index contributed by atoms with van der Waals surface area (Å²) in [7, 11) is 0. The largest absolute Gasteiger partial charge is 0.381 e. The molecule has 0 bridgehead atoms. The van der Waals surface area contributed by atoms with Gasteiger partial charge in [-0.2, -0.15) is 0 Å². The molecule has 128 valence electrons. The van der Waals surface area contributed by atoms with E-state index >= 15 is 0 Å². The monoisotopic (exact) mass is 321 g/mol. The number of nitrogens with zero attached hydrogens (tertiary/aromatic N) is 1. The van der Waals surface area contributed by atoms with Gasteiger partial charge in [-0.25, -0.2) is 0 Å². The van der Waals surface area contributed by atoms with Crippen molar-refractivity contribution in [2.24, 2.45) is 5.41 Å². The minimum atomic E-state index is -0.390. The highest BCUT2D eigenvalue weighted by molar-refractivity contribution is 5.83.